The van der Waals surface area contributed by atoms with Gasteiger partial charge >= 0.3 is 0 Å². The second-order valence-electron chi connectivity index (χ2n) is 7.44. The highest BCUT2D eigenvalue weighted by Crippen LogP contribution is 2.29. The van der Waals surface area contributed by atoms with Gasteiger partial charge in [0.05, 0.1) is 24.2 Å². The molecule has 1 aliphatic carbocycles. The molecule has 2 aromatic heterocycles. The fourth-order valence-corrected chi connectivity index (χ4v) is 4.04. The molecule has 1 saturated carbocycles. The van der Waals surface area contributed by atoms with E-state index in [1.54, 1.807) is 18.7 Å². The lowest BCUT2D eigenvalue weighted by molar-refractivity contribution is 0.0872. The molecule has 3 aromatic rings. The van der Waals surface area contributed by atoms with Crippen molar-refractivity contribution in [2.45, 2.75) is 38.5 Å². The first-order chi connectivity index (χ1) is 13.6. The fraction of sp³-hybridized carbons (Fsp3) is 0.318. The highest BCUT2D eigenvalue weighted by atomic mass is 16.3. The number of rotatable bonds is 5. The summed E-state index contributed by atoms with van der Waals surface area (Å²) in [6, 6.07) is 11.2. The number of aromatic nitrogens is 3. The maximum atomic E-state index is 12.9. The molecule has 6 nitrogen and oxygen atoms in total. The van der Waals surface area contributed by atoms with Crippen molar-refractivity contribution in [2.75, 3.05) is 0 Å². The second-order valence-corrected chi connectivity index (χ2v) is 7.44. The molecule has 0 bridgehead atoms. The van der Waals surface area contributed by atoms with Crippen LogP contribution in [0.5, 0.6) is 0 Å². The van der Waals surface area contributed by atoms with Crippen LogP contribution in [0.3, 0.4) is 0 Å². The Labute approximate surface area is 164 Å². The number of carbonyl (C=O) groups excluding carboxylic acids is 1. The standard InChI is InChI=1S/C22H24N4O2/c1-15-17(19-7-2-3-8-24-19)5-4-6-18(15)22(28)25-20-11-16(12-21(20)27)13-26-10-9-23-14-26/h2-10,14,16,20-21,27H,11-13H2,1H3,(H,25,28)/t16?,20-,21-/m1/s1. The Balaban J connectivity index is 1.47. The van der Waals surface area contributed by atoms with Crippen molar-refractivity contribution in [3.63, 3.8) is 0 Å². The van der Waals surface area contributed by atoms with Gasteiger partial charge in [-0.25, -0.2) is 4.98 Å². The van der Waals surface area contributed by atoms with Crippen molar-refractivity contribution in [3.05, 3.63) is 72.4 Å². The zero-order valence-electron chi connectivity index (χ0n) is 15.8. The third-order valence-electron chi connectivity index (χ3n) is 5.49. The van der Waals surface area contributed by atoms with Crippen LogP contribution in [0, 0.1) is 12.8 Å². The molecule has 1 aliphatic rings. The topological polar surface area (TPSA) is 80.0 Å². The summed E-state index contributed by atoms with van der Waals surface area (Å²) in [6.45, 7) is 2.74. The van der Waals surface area contributed by atoms with Crippen molar-refractivity contribution in [2.24, 2.45) is 5.92 Å². The van der Waals surface area contributed by atoms with Crippen LogP contribution in [-0.2, 0) is 6.54 Å². The minimum atomic E-state index is -0.531. The lowest BCUT2D eigenvalue weighted by atomic mass is 9.98. The van der Waals surface area contributed by atoms with Crippen molar-refractivity contribution in [1.29, 1.82) is 0 Å². The number of hydrogen-bond acceptors (Lipinski definition) is 4. The SMILES string of the molecule is Cc1c(C(=O)N[C@@H]2CC(Cn3ccnc3)C[C@H]2O)cccc1-c1ccccn1. The predicted octanol–water partition coefficient (Wildman–Crippen LogP) is 2.82. The van der Waals surface area contributed by atoms with Gasteiger partial charge in [0.25, 0.3) is 5.91 Å². The largest absolute Gasteiger partial charge is 0.391 e. The molecule has 144 valence electrons. The van der Waals surface area contributed by atoms with E-state index in [2.05, 4.69) is 15.3 Å². The number of imidazole rings is 1. The lowest BCUT2D eigenvalue weighted by Gasteiger charge is -2.18. The van der Waals surface area contributed by atoms with Crippen LogP contribution in [0.2, 0.25) is 0 Å². The number of hydrogen-bond donors (Lipinski definition) is 2. The lowest BCUT2D eigenvalue weighted by Crippen LogP contribution is -2.40. The second kappa shape index (κ2) is 7.94. The van der Waals surface area contributed by atoms with E-state index in [0.717, 1.165) is 29.8 Å². The van der Waals surface area contributed by atoms with E-state index in [1.807, 2.05) is 54.1 Å². The minimum Gasteiger partial charge on any atom is -0.391 e. The first kappa shape index (κ1) is 18.4. The van der Waals surface area contributed by atoms with Crippen molar-refractivity contribution in [3.8, 4) is 11.3 Å². The van der Waals surface area contributed by atoms with Crippen molar-refractivity contribution >= 4 is 5.91 Å². The number of benzene rings is 1. The number of carbonyl (C=O) groups is 1. The van der Waals surface area contributed by atoms with Crippen molar-refractivity contribution in [1.82, 2.24) is 19.9 Å². The summed E-state index contributed by atoms with van der Waals surface area (Å²) in [7, 11) is 0. The fourth-order valence-electron chi connectivity index (χ4n) is 4.04. The Hall–Kier alpha value is -2.99. The summed E-state index contributed by atoms with van der Waals surface area (Å²) >= 11 is 0. The molecule has 6 heteroatoms. The number of aliphatic hydroxyl groups is 1. The monoisotopic (exact) mass is 376 g/mol. The molecule has 1 fully saturated rings. The van der Waals surface area contributed by atoms with Gasteiger partial charge in [0, 0.05) is 36.3 Å². The summed E-state index contributed by atoms with van der Waals surface area (Å²) in [6.07, 6.45) is 8.10. The number of aliphatic hydroxyl groups excluding tert-OH is 1. The van der Waals surface area contributed by atoms with E-state index in [1.165, 1.54) is 0 Å². The molecule has 28 heavy (non-hydrogen) atoms. The summed E-state index contributed by atoms with van der Waals surface area (Å²) < 4.78 is 2.02. The van der Waals surface area contributed by atoms with E-state index in [0.29, 0.717) is 17.9 Å². The van der Waals surface area contributed by atoms with Crippen LogP contribution in [-0.4, -0.2) is 37.7 Å². The maximum absolute atomic E-state index is 12.9. The van der Waals surface area contributed by atoms with Crippen LogP contribution in [0.25, 0.3) is 11.3 Å². The number of amides is 1. The molecule has 0 aliphatic heterocycles. The van der Waals surface area contributed by atoms with Crippen LogP contribution in [0.15, 0.2) is 61.3 Å². The van der Waals surface area contributed by atoms with Crippen LogP contribution >= 0.6 is 0 Å². The Bertz CT molecular complexity index is 940. The zero-order chi connectivity index (χ0) is 19.5. The van der Waals surface area contributed by atoms with Crippen LogP contribution in [0.4, 0.5) is 0 Å². The average molecular weight is 376 g/mol. The zero-order valence-corrected chi connectivity index (χ0v) is 15.8. The van der Waals surface area contributed by atoms with E-state index in [9.17, 15) is 9.90 Å². The Morgan fingerprint density at radius 3 is 2.86 bits per heavy atom. The van der Waals surface area contributed by atoms with Gasteiger partial charge in [-0.1, -0.05) is 18.2 Å². The third kappa shape index (κ3) is 3.82. The smallest absolute Gasteiger partial charge is 0.251 e. The summed E-state index contributed by atoms with van der Waals surface area (Å²) in [5.74, 6) is 0.165. The van der Waals surface area contributed by atoms with E-state index in [-0.39, 0.29) is 11.9 Å². The third-order valence-corrected chi connectivity index (χ3v) is 5.49. The van der Waals surface area contributed by atoms with E-state index in [4.69, 9.17) is 0 Å². The first-order valence-corrected chi connectivity index (χ1v) is 9.57. The first-order valence-electron chi connectivity index (χ1n) is 9.57. The summed E-state index contributed by atoms with van der Waals surface area (Å²) in [4.78, 5) is 21.4. The van der Waals surface area contributed by atoms with E-state index >= 15 is 0 Å². The molecule has 3 atom stereocenters. The van der Waals surface area contributed by atoms with Gasteiger partial charge in [0.2, 0.25) is 0 Å². The normalized spacial score (nSPS) is 21.6. The number of nitrogens with one attached hydrogen (secondary N) is 1. The van der Waals surface area contributed by atoms with Gasteiger partial charge in [-0.15, -0.1) is 0 Å². The van der Waals surface area contributed by atoms with Gasteiger partial charge in [0.15, 0.2) is 0 Å². The van der Waals surface area contributed by atoms with Gasteiger partial charge in [-0.05, 0) is 49.4 Å². The summed E-state index contributed by atoms with van der Waals surface area (Å²) in [5, 5.41) is 13.5. The van der Waals surface area contributed by atoms with Crippen molar-refractivity contribution < 1.29 is 9.90 Å². The van der Waals surface area contributed by atoms with Gasteiger partial charge in [-0.2, -0.15) is 0 Å². The highest BCUT2D eigenvalue weighted by molar-refractivity contribution is 5.97. The van der Waals surface area contributed by atoms with E-state index < -0.39 is 6.10 Å². The summed E-state index contributed by atoms with van der Waals surface area (Å²) in [5.41, 5.74) is 3.30. The molecule has 0 radical (unpaired) electrons. The Morgan fingerprint density at radius 1 is 1.21 bits per heavy atom. The Kier molecular flexibility index (Phi) is 5.21. The molecule has 4 rings (SSSR count). The predicted molar refractivity (Wildman–Crippen MR) is 107 cm³/mol. The van der Waals surface area contributed by atoms with Gasteiger partial charge < -0.3 is 15.0 Å². The molecular formula is C22H24N4O2. The minimum absolute atomic E-state index is 0.150. The van der Waals surface area contributed by atoms with Crippen LogP contribution in [0.1, 0.15) is 28.8 Å². The van der Waals surface area contributed by atoms with Crippen LogP contribution < -0.4 is 5.32 Å². The highest BCUT2D eigenvalue weighted by Gasteiger charge is 2.34. The maximum Gasteiger partial charge on any atom is 0.251 e. The number of pyridine rings is 1. The molecular weight excluding hydrogens is 352 g/mol. The van der Waals surface area contributed by atoms with Gasteiger partial charge in [-0.3, -0.25) is 9.78 Å². The molecule has 0 saturated heterocycles. The quantitative estimate of drug-likeness (QED) is 0.718. The average Bonchev–Trinajstić information content (AvgIpc) is 3.32. The number of nitrogens with zero attached hydrogens (tertiary/aromatic N) is 3. The Morgan fingerprint density at radius 2 is 2.11 bits per heavy atom. The molecule has 2 N–H and O–H groups in total. The molecule has 0 spiro atoms. The van der Waals surface area contributed by atoms with Gasteiger partial charge in [0.1, 0.15) is 0 Å². The molecule has 1 unspecified atom stereocenters. The molecule has 1 aromatic carbocycles. The molecule has 1 amide bonds. The molecule has 2 heterocycles.